The average Bonchev–Trinajstić information content (AvgIpc) is 2.95. The first-order valence-corrected chi connectivity index (χ1v) is 8.69. The first-order chi connectivity index (χ1) is 11.0. The molecule has 0 radical (unpaired) electrons. The molecule has 0 spiro atoms. The van der Waals surface area contributed by atoms with Gasteiger partial charge in [0.25, 0.3) is 0 Å². The van der Waals surface area contributed by atoms with Crippen LogP contribution in [0.2, 0.25) is 0 Å². The third kappa shape index (κ3) is 3.61. The number of anilines is 2. The van der Waals surface area contributed by atoms with Crippen molar-refractivity contribution in [2.45, 2.75) is 38.0 Å². The number of imidazole rings is 1. The van der Waals surface area contributed by atoms with Gasteiger partial charge in [-0.15, -0.1) is 0 Å². The molecule has 0 amide bonds. The molecule has 1 fully saturated rings. The van der Waals surface area contributed by atoms with Gasteiger partial charge < -0.3 is 20.5 Å². The lowest BCUT2D eigenvalue weighted by Crippen LogP contribution is -2.28. The summed E-state index contributed by atoms with van der Waals surface area (Å²) in [6.45, 7) is 1.95. The van der Waals surface area contributed by atoms with Gasteiger partial charge in [0.1, 0.15) is 5.82 Å². The summed E-state index contributed by atoms with van der Waals surface area (Å²) >= 11 is 0. The van der Waals surface area contributed by atoms with Crippen molar-refractivity contribution >= 4 is 22.4 Å². The van der Waals surface area contributed by atoms with Gasteiger partial charge in [-0.2, -0.15) is 0 Å². The summed E-state index contributed by atoms with van der Waals surface area (Å²) in [6, 6.07) is 4.17. The van der Waals surface area contributed by atoms with Crippen molar-refractivity contribution in [1.29, 1.82) is 0 Å². The molecule has 2 aromatic rings. The lowest BCUT2D eigenvalue weighted by Gasteiger charge is -2.23. The molecule has 1 aromatic carbocycles. The zero-order valence-electron chi connectivity index (χ0n) is 14.6. The summed E-state index contributed by atoms with van der Waals surface area (Å²) in [4.78, 5) is 12.8. The SMILES string of the molecule is CN(C)CCN(C)c1cc2nc(C3CCCCC3)[nH]c2cc1N. The van der Waals surface area contributed by atoms with E-state index in [-0.39, 0.29) is 0 Å². The van der Waals surface area contributed by atoms with Gasteiger partial charge in [-0.25, -0.2) is 4.98 Å². The van der Waals surface area contributed by atoms with Crippen LogP contribution in [0.3, 0.4) is 0 Å². The first-order valence-electron chi connectivity index (χ1n) is 8.69. The lowest BCUT2D eigenvalue weighted by atomic mass is 9.89. The number of nitrogens with two attached hydrogens (primary N) is 1. The summed E-state index contributed by atoms with van der Waals surface area (Å²) < 4.78 is 0. The van der Waals surface area contributed by atoms with E-state index in [1.807, 2.05) is 6.07 Å². The summed E-state index contributed by atoms with van der Waals surface area (Å²) in [5.74, 6) is 1.74. The molecule has 1 heterocycles. The summed E-state index contributed by atoms with van der Waals surface area (Å²) in [5.41, 5.74) is 10.3. The second-order valence-corrected chi connectivity index (χ2v) is 7.11. The Morgan fingerprint density at radius 3 is 2.57 bits per heavy atom. The van der Waals surface area contributed by atoms with E-state index < -0.39 is 0 Å². The van der Waals surface area contributed by atoms with Gasteiger partial charge in [0, 0.05) is 26.1 Å². The molecule has 1 aliphatic carbocycles. The normalized spacial score (nSPS) is 16.3. The molecule has 126 valence electrons. The lowest BCUT2D eigenvalue weighted by molar-refractivity contribution is 0.416. The van der Waals surface area contributed by atoms with E-state index >= 15 is 0 Å². The molecule has 0 bridgehead atoms. The topological polar surface area (TPSA) is 61.2 Å². The van der Waals surface area contributed by atoms with Crippen molar-refractivity contribution < 1.29 is 0 Å². The van der Waals surface area contributed by atoms with Crippen molar-refractivity contribution in [2.24, 2.45) is 0 Å². The minimum Gasteiger partial charge on any atom is -0.397 e. The molecule has 3 N–H and O–H groups in total. The minimum atomic E-state index is 0.590. The molecule has 0 atom stereocenters. The molecule has 23 heavy (non-hydrogen) atoms. The standard InChI is InChI=1S/C18H29N5/c1-22(2)9-10-23(3)17-12-16-15(11-14(17)19)20-18(21-16)13-7-5-4-6-8-13/h11-13H,4-10,19H2,1-3H3,(H,20,21). The minimum absolute atomic E-state index is 0.590. The number of benzene rings is 1. The van der Waals surface area contributed by atoms with E-state index in [2.05, 4.69) is 42.0 Å². The van der Waals surface area contributed by atoms with E-state index in [9.17, 15) is 0 Å². The zero-order valence-corrected chi connectivity index (χ0v) is 14.6. The Morgan fingerprint density at radius 1 is 1.13 bits per heavy atom. The number of aromatic nitrogens is 2. The van der Waals surface area contributed by atoms with Crippen LogP contribution in [0, 0.1) is 0 Å². The van der Waals surface area contributed by atoms with E-state index in [1.165, 1.54) is 32.1 Å². The number of nitrogens with zero attached hydrogens (tertiary/aromatic N) is 3. The highest BCUT2D eigenvalue weighted by atomic mass is 15.2. The Kier molecular flexibility index (Phi) is 4.76. The van der Waals surface area contributed by atoms with Crippen LogP contribution < -0.4 is 10.6 Å². The maximum Gasteiger partial charge on any atom is 0.110 e. The predicted molar refractivity (Wildman–Crippen MR) is 98.2 cm³/mol. The van der Waals surface area contributed by atoms with E-state index in [4.69, 9.17) is 10.7 Å². The second kappa shape index (κ2) is 6.79. The molecule has 0 saturated heterocycles. The van der Waals surface area contributed by atoms with E-state index in [0.29, 0.717) is 5.92 Å². The number of nitrogen functional groups attached to an aromatic ring is 1. The summed E-state index contributed by atoms with van der Waals surface area (Å²) in [6.07, 6.45) is 6.52. The highest BCUT2D eigenvalue weighted by Gasteiger charge is 2.19. The quantitative estimate of drug-likeness (QED) is 0.832. The number of likely N-dealkylation sites (N-methyl/N-ethyl adjacent to an activating group) is 2. The van der Waals surface area contributed by atoms with Crippen molar-refractivity contribution in [1.82, 2.24) is 14.9 Å². The first kappa shape index (κ1) is 16.1. The maximum absolute atomic E-state index is 6.28. The van der Waals surface area contributed by atoms with Gasteiger partial charge in [-0.3, -0.25) is 0 Å². The average molecular weight is 315 g/mol. The highest BCUT2D eigenvalue weighted by molar-refractivity contribution is 5.87. The van der Waals surface area contributed by atoms with Gasteiger partial charge in [0.15, 0.2) is 0 Å². The summed E-state index contributed by atoms with van der Waals surface area (Å²) in [5, 5.41) is 0. The Bertz CT molecular complexity index is 655. The van der Waals surface area contributed by atoms with Crippen LogP contribution in [0.15, 0.2) is 12.1 Å². The molecule has 0 unspecified atom stereocenters. The number of rotatable bonds is 5. The molecular formula is C18H29N5. The fourth-order valence-electron chi connectivity index (χ4n) is 3.45. The van der Waals surface area contributed by atoms with E-state index in [1.54, 1.807) is 0 Å². The maximum atomic E-state index is 6.28. The molecule has 0 aliphatic heterocycles. The second-order valence-electron chi connectivity index (χ2n) is 7.11. The number of H-pyrrole nitrogens is 1. The molecule has 1 saturated carbocycles. The van der Waals surface area contributed by atoms with Crippen molar-refractivity contribution in [3.63, 3.8) is 0 Å². The number of nitrogens with one attached hydrogen (secondary N) is 1. The Balaban J connectivity index is 1.84. The molecule has 1 aliphatic rings. The van der Waals surface area contributed by atoms with Crippen molar-refractivity contribution in [3.05, 3.63) is 18.0 Å². The van der Waals surface area contributed by atoms with Gasteiger partial charge in [-0.1, -0.05) is 19.3 Å². The Hall–Kier alpha value is -1.75. The summed E-state index contributed by atoms with van der Waals surface area (Å²) in [7, 11) is 6.27. The van der Waals surface area contributed by atoms with Crippen LogP contribution in [-0.2, 0) is 0 Å². The van der Waals surface area contributed by atoms with Crippen LogP contribution in [0.4, 0.5) is 11.4 Å². The third-order valence-electron chi connectivity index (χ3n) is 4.93. The monoisotopic (exact) mass is 315 g/mol. The number of fused-ring (bicyclic) bond motifs is 1. The largest absolute Gasteiger partial charge is 0.397 e. The van der Waals surface area contributed by atoms with E-state index in [0.717, 1.165) is 41.3 Å². The highest BCUT2D eigenvalue weighted by Crippen LogP contribution is 2.34. The fraction of sp³-hybridized carbons (Fsp3) is 0.611. The smallest absolute Gasteiger partial charge is 0.110 e. The van der Waals surface area contributed by atoms with Crippen LogP contribution in [0.5, 0.6) is 0 Å². The van der Waals surface area contributed by atoms with Crippen LogP contribution >= 0.6 is 0 Å². The molecule has 5 nitrogen and oxygen atoms in total. The van der Waals surface area contributed by atoms with Gasteiger partial charge in [-0.05, 0) is 39.1 Å². The Labute approximate surface area is 138 Å². The van der Waals surface area contributed by atoms with Crippen LogP contribution in [0.25, 0.3) is 11.0 Å². The fourth-order valence-corrected chi connectivity index (χ4v) is 3.45. The zero-order chi connectivity index (χ0) is 16.4. The number of hydrogen-bond donors (Lipinski definition) is 2. The van der Waals surface area contributed by atoms with Crippen molar-refractivity contribution in [3.8, 4) is 0 Å². The van der Waals surface area contributed by atoms with Crippen molar-refractivity contribution in [2.75, 3.05) is 44.9 Å². The molecule has 1 aromatic heterocycles. The molecular weight excluding hydrogens is 286 g/mol. The van der Waals surface area contributed by atoms with Crippen LogP contribution in [0.1, 0.15) is 43.8 Å². The number of hydrogen-bond acceptors (Lipinski definition) is 4. The predicted octanol–water partition coefficient (Wildman–Crippen LogP) is 3.19. The van der Waals surface area contributed by atoms with Gasteiger partial charge >= 0.3 is 0 Å². The van der Waals surface area contributed by atoms with Gasteiger partial charge in [0.05, 0.1) is 22.4 Å². The molecule has 3 rings (SSSR count). The number of aromatic amines is 1. The van der Waals surface area contributed by atoms with Crippen LogP contribution in [-0.4, -0.2) is 49.1 Å². The van der Waals surface area contributed by atoms with Gasteiger partial charge in [0.2, 0.25) is 0 Å². The molecule has 5 heteroatoms. The third-order valence-corrected chi connectivity index (χ3v) is 4.93. The Morgan fingerprint density at radius 2 is 1.87 bits per heavy atom.